The van der Waals surface area contributed by atoms with E-state index >= 15 is 0 Å². The number of halogens is 1. The summed E-state index contributed by atoms with van der Waals surface area (Å²) in [5.41, 5.74) is -0.257. The van der Waals surface area contributed by atoms with Crippen molar-refractivity contribution in [3.05, 3.63) is 65.5 Å². The molecule has 0 bridgehead atoms. The van der Waals surface area contributed by atoms with Crippen LogP contribution in [-0.4, -0.2) is 85.3 Å². The van der Waals surface area contributed by atoms with Crippen molar-refractivity contribution >= 4 is 17.7 Å². The highest BCUT2D eigenvalue weighted by molar-refractivity contribution is 5.99. The molecule has 3 fully saturated rings. The summed E-state index contributed by atoms with van der Waals surface area (Å²) in [6, 6.07) is 11.4. The van der Waals surface area contributed by atoms with Gasteiger partial charge in [-0.3, -0.25) is 19.3 Å². The number of amides is 3. The Morgan fingerprint density at radius 1 is 1.08 bits per heavy atom. The van der Waals surface area contributed by atoms with Crippen LogP contribution in [0.2, 0.25) is 0 Å². The van der Waals surface area contributed by atoms with Gasteiger partial charge >= 0.3 is 0 Å². The molecule has 2 atom stereocenters. The predicted octanol–water partition coefficient (Wildman–Crippen LogP) is 2.60. The second-order valence-corrected chi connectivity index (χ2v) is 9.86. The maximum atomic E-state index is 13.9. The summed E-state index contributed by atoms with van der Waals surface area (Å²) in [7, 11) is 1.53. The number of likely N-dealkylation sites (tertiary alicyclic amines) is 1. The van der Waals surface area contributed by atoms with Crippen molar-refractivity contribution < 1.29 is 33.0 Å². The Morgan fingerprint density at radius 3 is 2.53 bits per heavy atom. The van der Waals surface area contributed by atoms with E-state index in [0.29, 0.717) is 56.0 Å². The van der Waals surface area contributed by atoms with Crippen molar-refractivity contribution in [1.29, 1.82) is 0 Å². The van der Waals surface area contributed by atoms with Crippen LogP contribution in [0.3, 0.4) is 0 Å². The molecule has 0 aromatic heterocycles. The average Bonchev–Trinajstić information content (AvgIpc) is 3.60. The Labute approximate surface area is 220 Å². The van der Waals surface area contributed by atoms with Gasteiger partial charge in [-0.2, -0.15) is 0 Å². The highest BCUT2D eigenvalue weighted by atomic mass is 19.1. The Kier molecular flexibility index (Phi) is 7.62. The Morgan fingerprint density at radius 2 is 1.84 bits per heavy atom. The van der Waals surface area contributed by atoms with E-state index in [9.17, 15) is 18.8 Å². The van der Waals surface area contributed by atoms with E-state index in [2.05, 4.69) is 5.32 Å². The molecular weight excluding hydrogens is 493 g/mol. The predicted molar refractivity (Wildman–Crippen MR) is 135 cm³/mol. The molecule has 3 heterocycles. The molecule has 0 unspecified atom stereocenters. The van der Waals surface area contributed by atoms with Crippen LogP contribution >= 0.6 is 0 Å². The zero-order chi connectivity index (χ0) is 26.7. The first-order valence-corrected chi connectivity index (χ1v) is 13.0. The Balaban J connectivity index is 1.35. The van der Waals surface area contributed by atoms with Gasteiger partial charge in [0.1, 0.15) is 23.3 Å². The molecule has 3 aliphatic rings. The summed E-state index contributed by atoms with van der Waals surface area (Å²) < 4.78 is 30.5. The molecule has 5 rings (SSSR count). The van der Waals surface area contributed by atoms with Gasteiger partial charge < -0.3 is 24.4 Å². The molecule has 202 valence electrons. The number of carbonyl (C=O) groups excluding carboxylic acids is 3. The van der Waals surface area contributed by atoms with Crippen LogP contribution in [0, 0.1) is 5.82 Å². The fourth-order valence-corrected chi connectivity index (χ4v) is 5.43. The quantitative estimate of drug-likeness (QED) is 0.623. The highest BCUT2D eigenvalue weighted by Gasteiger charge is 2.54. The normalized spacial score (nSPS) is 22.5. The second kappa shape index (κ2) is 11.1. The molecule has 3 aliphatic heterocycles. The van der Waals surface area contributed by atoms with Crippen molar-refractivity contribution in [1.82, 2.24) is 15.1 Å². The third-order valence-electron chi connectivity index (χ3n) is 7.55. The largest absolute Gasteiger partial charge is 0.497 e. The van der Waals surface area contributed by atoms with Crippen LogP contribution in [0.5, 0.6) is 5.75 Å². The van der Waals surface area contributed by atoms with Gasteiger partial charge in [0.2, 0.25) is 5.91 Å². The Hall–Kier alpha value is -3.50. The van der Waals surface area contributed by atoms with Crippen molar-refractivity contribution in [2.45, 2.75) is 43.6 Å². The number of hydrogen-bond acceptors (Lipinski definition) is 6. The number of piperidine rings is 1. The van der Waals surface area contributed by atoms with Gasteiger partial charge in [-0.25, -0.2) is 4.39 Å². The maximum absolute atomic E-state index is 13.9. The third-order valence-corrected chi connectivity index (χ3v) is 7.55. The number of rotatable bonds is 6. The van der Waals surface area contributed by atoms with Gasteiger partial charge in [0.25, 0.3) is 11.8 Å². The lowest BCUT2D eigenvalue weighted by molar-refractivity contribution is -0.128. The minimum atomic E-state index is -1.04. The van der Waals surface area contributed by atoms with Crippen LogP contribution < -0.4 is 10.1 Å². The Bertz CT molecular complexity index is 1180. The van der Waals surface area contributed by atoms with E-state index in [1.54, 1.807) is 34.1 Å². The van der Waals surface area contributed by atoms with Gasteiger partial charge in [-0.05, 0) is 55.3 Å². The summed E-state index contributed by atoms with van der Waals surface area (Å²) >= 11 is 0. The lowest BCUT2D eigenvalue weighted by atomic mass is 9.96. The standard InChI is InChI=1S/C28H32FN3O6/c1-36-22-5-2-4-20(16-22)27(35)32-24(25(33)30-17-23-6-3-15-37-23)18-38-28(32)11-13-31(14-12-28)26(34)19-7-9-21(29)10-8-19/h2,4-5,7-10,16,23-24H,3,6,11-15,17-18H2,1H3,(H,30,33)/t23-,24+/m1/s1. The number of carbonyl (C=O) groups is 3. The number of methoxy groups -OCH3 is 1. The van der Waals surface area contributed by atoms with Crippen LogP contribution in [0.15, 0.2) is 48.5 Å². The van der Waals surface area contributed by atoms with Gasteiger partial charge in [-0.15, -0.1) is 0 Å². The number of ether oxygens (including phenoxy) is 3. The van der Waals surface area contributed by atoms with E-state index in [1.807, 2.05) is 0 Å². The molecule has 9 nitrogen and oxygen atoms in total. The van der Waals surface area contributed by atoms with Crippen molar-refractivity contribution in [3.8, 4) is 5.75 Å². The smallest absolute Gasteiger partial charge is 0.257 e. The number of nitrogens with zero attached hydrogens (tertiary/aromatic N) is 2. The molecule has 0 radical (unpaired) electrons. The van der Waals surface area contributed by atoms with E-state index < -0.39 is 17.6 Å². The minimum absolute atomic E-state index is 0.0292. The fourth-order valence-electron chi connectivity index (χ4n) is 5.43. The lowest BCUT2D eigenvalue weighted by Crippen LogP contribution is -2.60. The highest BCUT2D eigenvalue weighted by Crippen LogP contribution is 2.39. The number of nitrogens with one attached hydrogen (secondary N) is 1. The molecule has 1 spiro atoms. The number of hydrogen-bond donors (Lipinski definition) is 1. The first-order valence-electron chi connectivity index (χ1n) is 13.0. The molecule has 2 aromatic carbocycles. The van der Waals surface area contributed by atoms with E-state index in [4.69, 9.17) is 14.2 Å². The van der Waals surface area contributed by atoms with Crippen molar-refractivity contribution in [2.24, 2.45) is 0 Å². The van der Waals surface area contributed by atoms with E-state index in [0.717, 1.165) is 12.8 Å². The molecule has 0 saturated carbocycles. The molecule has 10 heteroatoms. The van der Waals surface area contributed by atoms with Crippen LogP contribution in [-0.2, 0) is 14.3 Å². The second-order valence-electron chi connectivity index (χ2n) is 9.86. The molecular formula is C28H32FN3O6. The van der Waals surface area contributed by atoms with Gasteiger partial charge in [0, 0.05) is 50.2 Å². The summed E-state index contributed by atoms with van der Waals surface area (Å²) in [6.45, 7) is 1.76. The zero-order valence-corrected chi connectivity index (χ0v) is 21.4. The van der Waals surface area contributed by atoms with Gasteiger partial charge in [-0.1, -0.05) is 6.07 Å². The lowest BCUT2D eigenvalue weighted by Gasteiger charge is -2.44. The first-order chi connectivity index (χ1) is 18.4. The van der Waals surface area contributed by atoms with Crippen LogP contribution in [0.4, 0.5) is 4.39 Å². The van der Waals surface area contributed by atoms with Crippen molar-refractivity contribution in [2.75, 3.05) is 40.0 Å². The van der Waals surface area contributed by atoms with Crippen LogP contribution in [0.1, 0.15) is 46.4 Å². The summed E-state index contributed by atoms with van der Waals surface area (Å²) in [4.78, 5) is 43.4. The molecule has 2 aromatic rings. The van der Waals surface area contributed by atoms with Gasteiger partial charge in [0.15, 0.2) is 0 Å². The van der Waals surface area contributed by atoms with Gasteiger partial charge in [0.05, 0.1) is 19.8 Å². The van der Waals surface area contributed by atoms with Crippen LogP contribution in [0.25, 0.3) is 0 Å². The van der Waals surface area contributed by atoms with Crippen molar-refractivity contribution in [3.63, 3.8) is 0 Å². The molecule has 38 heavy (non-hydrogen) atoms. The minimum Gasteiger partial charge on any atom is -0.497 e. The monoisotopic (exact) mass is 525 g/mol. The fraction of sp³-hybridized carbons (Fsp3) is 0.464. The van der Waals surface area contributed by atoms with E-state index in [-0.39, 0.29) is 30.4 Å². The third kappa shape index (κ3) is 5.23. The summed E-state index contributed by atoms with van der Waals surface area (Å²) in [6.07, 6.45) is 2.49. The SMILES string of the molecule is COc1cccc(C(=O)N2[C@H](C(=O)NC[C@H]3CCCO3)COC23CCN(C(=O)c2ccc(F)cc2)CC3)c1. The molecule has 0 aliphatic carbocycles. The molecule has 1 N–H and O–H groups in total. The average molecular weight is 526 g/mol. The first kappa shape index (κ1) is 26.1. The number of benzene rings is 2. The molecule has 3 amide bonds. The topological polar surface area (TPSA) is 97.4 Å². The zero-order valence-electron chi connectivity index (χ0n) is 21.4. The van der Waals surface area contributed by atoms with E-state index in [1.165, 1.54) is 31.4 Å². The maximum Gasteiger partial charge on any atom is 0.257 e. The molecule has 3 saturated heterocycles. The summed E-state index contributed by atoms with van der Waals surface area (Å²) in [5.74, 6) is -0.720. The summed E-state index contributed by atoms with van der Waals surface area (Å²) in [5, 5.41) is 2.94.